The summed E-state index contributed by atoms with van der Waals surface area (Å²) in [5, 5.41) is 9.54. The maximum Gasteiger partial charge on any atom is 0.118 e. The standard InChI is InChI=1S/C25H23N5O/c1-17-5-7-19(8-6-17)25-22(16-30(29-25)20-4-3-13-26-15-20)24-14-23(27-28-24)18-9-11-21(31-2)12-10-18/h3-13,15-16,24,28H,14H2,1-2H3. The molecule has 2 aromatic carbocycles. The Morgan fingerprint density at radius 1 is 1.00 bits per heavy atom. The number of aromatic nitrogens is 3. The molecule has 1 aliphatic rings. The monoisotopic (exact) mass is 409 g/mol. The highest BCUT2D eigenvalue weighted by Crippen LogP contribution is 2.33. The number of hydrazone groups is 1. The first kappa shape index (κ1) is 19.1. The topological polar surface area (TPSA) is 64.3 Å². The number of hydrogen-bond donors (Lipinski definition) is 1. The minimum absolute atomic E-state index is 0.0406. The third kappa shape index (κ3) is 3.80. The molecule has 0 bridgehead atoms. The van der Waals surface area contributed by atoms with Crippen LogP contribution in [0.15, 0.2) is 84.4 Å². The third-order valence-electron chi connectivity index (χ3n) is 5.53. The zero-order valence-electron chi connectivity index (χ0n) is 17.5. The highest BCUT2D eigenvalue weighted by Gasteiger charge is 2.26. The Hall–Kier alpha value is -3.93. The molecule has 0 fully saturated rings. The molecule has 1 aliphatic heterocycles. The van der Waals surface area contributed by atoms with E-state index < -0.39 is 0 Å². The first-order chi connectivity index (χ1) is 15.2. The van der Waals surface area contributed by atoms with Crippen LogP contribution < -0.4 is 10.2 Å². The van der Waals surface area contributed by atoms with Crippen molar-refractivity contribution < 1.29 is 4.74 Å². The predicted octanol–water partition coefficient (Wildman–Crippen LogP) is 4.69. The molecule has 0 aliphatic carbocycles. The number of ether oxygens (including phenoxy) is 1. The van der Waals surface area contributed by atoms with Crippen LogP contribution in [0.1, 0.15) is 29.2 Å². The summed E-state index contributed by atoms with van der Waals surface area (Å²) in [5.41, 5.74) is 10.7. The summed E-state index contributed by atoms with van der Waals surface area (Å²) < 4.78 is 7.16. The van der Waals surface area contributed by atoms with Gasteiger partial charge in [0.25, 0.3) is 0 Å². The van der Waals surface area contributed by atoms with Crippen LogP contribution >= 0.6 is 0 Å². The summed E-state index contributed by atoms with van der Waals surface area (Å²) in [7, 11) is 1.67. The summed E-state index contributed by atoms with van der Waals surface area (Å²) in [4.78, 5) is 4.24. The number of nitrogens with zero attached hydrogens (tertiary/aromatic N) is 4. The van der Waals surface area contributed by atoms with Crippen LogP contribution in [0.25, 0.3) is 16.9 Å². The minimum Gasteiger partial charge on any atom is -0.497 e. The maximum absolute atomic E-state index is 5.27. The van der Waals surface area contributed by atoms with Gasteiger partial charge in [-0.1, -0.05) is 29.8 Å². The van der Waals surface area contributed by atoms with Crippen LogP contribution in [0.4, 0.5) is 0 Å². The Kier molecular flexibility index (Phi) is 4.96. The third-order valence-corrected chi connectivity index (χ3v) is 5.53. The van der Waals surface area contributed by atoms with Gasteiger partial charge < -0.3 is 10.2 Å². The molecule has 3 heterocycles. The fraction of sp³-hybridized carbons (Fsp3) is 0.160. The van der Waals surface area contributed by atoms with E-state index in [-0.39, 0.29) is 6.04 Å². The van der Waals surface area contributed by atoms with Crippen LogP contribution in [0.3, 0.4) is 0 Å². The molecule has 6 nitrogen and oxygen atoms in total. The fourth-order valence-corrected chi connectivity index (χ4v) is 3.79. The van der Waals surface area contributed by atoms with Gasteiger partial charge in [-0.05, 0) is 48.9 Å². The van der Waals surface area contributed by atoms with Crippen molar-refractivity contribution in [3.8, 4) is 22.7 Å². The quantitative estimate of drug-likeness (QED) is 0.519. The van der Waals surface area contributed by atoms with E-state index >= 15 is 0 Å². The highest BCUT2D eigenvalue weighted by molar-refractivity contribution is 6.02. The molecular weight excluding hydrogens is 386 g/mol. The lowest BCUT2D eigenvalue weighted by Gasteiger charge is -2.10. The van der Waals surface area contributed by atoms with E-state index in [1.165, 1.54) is 5.56 Å². The Bertz CT molecular complexity index is 1210. The molecule has 1 unspecified atom stereocenters. The van der Waals surface area contributed by atoms with Crippen molar-refractivity contribution in [3.63, 3.8) is 0 Å². The van der Waals surface area contributed by atoms with Crippen molar-refractivity contribution in [1.29, 1.82) is 0 Å². The van der Waals surface area contributed by atoms with Crippen LogP contribution in [0.5, 0.6) is 5.75 Å². The normalized spacial score (nSPS) is 15.4. The number of hydrogen-bond acceptors (Lipinski definition) is 5. The first-order valence-corrected chi connectivity index (χ1v) is 10.2. The summed E-state index contributed by atoms with van der Waals surface area (Å²) >= 11 is 0. The molecule has 2 aromatic heterocycles. The molecule has 0 radical (unpaired) electrons. The van der Waals surface area contributed by atoms with E-state index in [0.29, 0.717) is 0 Å². The molecule has 0 amide bonds. The smallest absolute Gasteiger partial charge is 0.118 e. The Balaban J connectivity index is 1.49. The van der Waals surface area contributed by atoms with E-state index in [1.54, 1.807) is 13.3 Å². The molecule has 31 heavy (non-hydrogen) atoms. The number of methoxy groups -OCH3 is 1. The fourth-order valence-electron chi connectivity index (χ4n) is 3.79. The second kappa shape index (κ2) is 8.07. The zero-order valence-corrected chi connectivity index (χ0v) is 17.5. The highest BCUT2D eigenvalue weighted by atomic mass is 16.5. The molecule has 0 spiro atoms. The van der Waals surface area contributed by atoms with Gasteiger partial charge in [0.1, 0.15) is 5.75 Å². The molecule has 4 aromatic rings. The van der Waals surface area contributed by atoms with Gasteiger partial charge in [0.15, 0.2) is 0 Å². The van der Waals surface area contributed by atoms with Crippen molar-refractivity contribution in [3.05, 3.63) is 95.9 Å². The van der Waals surface area contributed by atoms with Crippen LogP contribution in [0.2, 0.25) is 0 Å². The molecule has 0 saturated carbocycles. The maximum atomic E-state index is 5.27. The number of rotatable bonds is 5. The Morgan fingerprint density at radius 2 is 1.77 bits per heavy atom. The van der Waals surface area contributed by atoms with Gasteiger partial charge in [0, 0.05) is 29.9 Å². The van der Waals surface area contributed by atoms with Crippen LogP contribution in [-0.4, -0.2) is 27.6 Å². The van der Waals surface area contributed by atoms with Gasteiger partial charge >= 0.3 is 0 Å². The molecule has 0 saturated heterocycles. The molecular formula is C25H23N5O. The number of nitrogens with one attached hydrogen (secondary N) is 1. The summed E-state index contributed by atoms with van der Waals surface area (Å²) in [6.45, 7) is 2.09. The summed E-state index contributed by atoms with van der Waals surface area (Å²) in [6, 6.07) is 20.4. The van der Waals surface area contributed by atoms with Crippen molar-refractivity contribution in [1.82, 2.24) is 20.2 Å². The Labute approximate surface area is 181 Å². The second-order valence-corrected chi connectivity index (χ2v) is 7.63. The largest absolute Gasteiger partial charge is 0.497 e. The number of pyridine rings is 1. The number of benzene rings is 2. The van der Waals surface area contributed by atoms with E-state index in [4.69, 9.17) is 9.84 Å². The van der Waals surface area contributed by atoms with Gasteiger partial charge in [0.05, 0.1) is 36.4 Å². The van der Waals surface area contributed by atoms with Crippen molar-refractivity contribution in [2.24, 2.45) is 5.10 Å². The molecule has 6 heteroatoms. The molecule has 154 valence electrons. The van der Waals surface area contributed by atoms with Gasteiger partial charge in [0.2, 0.25) is 0 Å². The van der Waals surface area contributed by atoms with E-state index in [9.17, 15) is 0 Å². The van der Waals surface area contributed by atoms with E-state index in [0.717, 1.165) is 46.0 Å². The Morgan fingerprint density at radius 3 is 2.48 bits per heavy atom. The van der Waals surface area contributed by atoms with Gasteiger partial charge in [-0.15, -0.1) is 0 Å². The zero-order chi connectivity index (χ0) is 21.2. The second-order valence-electron chi connectivity index (χ2n) is 7.63. The molecule has 1 N–H and O–H groups in total. The lowest BCUT2D eigenvalue weighted by Crippen LogP contribution is -2.10. The predicted molar refractivity (Wildman–Crippen MR) is 122 cm³/mol. The van der Waals surface area contributed by atoms with E-state index in [2.05, 4.69) is 52.9 Å². The van der Waals surface area contributed by atoms with E-state index in [1.807, 2.05) is 47.3 Å². The summed E-state index contributed by atoms with van der Waals surface area (Å²) in [5.74, 6) is 0.839. The number of aryl methyl sites for hydroxylation is 1. The van der Waals surface area contributed by atoms with Crippen molar-refractivity contribution in [2.45, 2.75) is 19.4 Å². The van der Waals surface area contributed by atoms with Crippen LogP contribution in [-0.2, 0) is 0 Å². The van der Waals surface area contributed by atoms with Crippen molar-refractivity contribution >= 4 is 5.71 Å². The minimum atomic E-state index is 0.0406. The molecule has 5 rings (SSSR count). The average Bonchev–Trinajstić information content (AvgIpc) is 3.48. The lowest BCUT2D eigenvalue weighted by atomic mass is 9.97. The van der Waals surface area contributed by atoms with Gasteiger partial charge in [-0.3, -0.25) is 4.98 Å². The summed E-state index contributed by atoms with van der Waals surface area (Å²) in [6.07, 6.45) is 6.44. The van der Waals surface area contributed by atoms with Crippen LogP contribution in [0, 0.1) is 6.92 Å². The SMILES string of the molecule is COc1ccc(C2=NNC(c3cn(-c4cccnc4)nc3-c3ccc(C)cc3)C2)cc1. The van der Waals surface area contributed by atoms with Gasteiger partial charge in [-0.25, -0.2) is 4.68 Å². The average molecular weight is 409 g/mol. The lowest BCUT2D eigenvalue weighted by molar-refractivity contribution is 0.415. The van der Waals surface area contributed by atoms with Gasteiger partial charge in [-0.2, -0.15) is 10.2 Å². The first-order valence-electron chi connectivity index (χ1n) is 10.2. The van der Waals surface area contributed by atoms with Crippen molar-refractivity contribution in [2.75, 3.05) is 7.11 Å². The molecule has 1 atom stereocenters.